The van der Waals surface area contributed by atoms with Crippen LogP contribution in [0.5, 0.6) is 0 Å². The average molecular weight is 444 g/mol. The second-order valence-electron chi connectivity index (χ2n) is 7.76. The second-order valence-corrected chi connectivity index (χ2v) is 7.76. The van der Waals surface area contributed by atoms with Crippen LogP contribution in [0.1, 0.15) is 30.0 Å². The normalized spacial score (nSPS) is 15.2. The Morgan fingerprint density at radius 3 is 2.69 bits per heavy atom. The summed E-state index contributed by atoms with van der Waals surface area (Å²) < 4.78 is 56.6. The number of nitrogens with zero attached hydrogens (tertiary/aromatic N) is 3. The summed E-state index contributed by atoms with van der Waals surface area (Å²) in [6.45, 7) is 2.29. The molecule has 2 aromatic heterocycles. The Bertz CT molecular complexity index is 1180. The summed E-state index contributed by atoms with van der Waals surface area (Å²) in [5, 5.41) is 2.70. The molecule has 2 amide bonds. The standard InChI is InChI=1S/C23H20F4N4O/c1-14-13-28-10-8-18(14)30-21(32)31-11-9-23(26,27)17-6-7-19(29-20(17)31)15-4-3-5-16(12-15)22(2,24)25/h3-8,10,12-13H,9,11H2,1-2H3,(H,28,30,32). The number of aromatic nitrogens is 2. The van der Waals surface area contributed by atoms with Crippen molar-refractivity contribution < 1.29 is 22.4 Å². The molecule has 3 heterocycles. The van der Waals surface area contributed by atoms with Crippen molar-refractivity contribution >= 4 is 17.5 Å². The molecule has 0 fully saturated rings. The van der Waals surface area contributed by atoms with E-state index in [1.807, 2.05) is 0 Å². The van der Waals surface area contributed by atoms with Crippen molar-refractivity contribution in [2.24, 2.45) is 0 Å². The van der Waals surface area contributed by atoms with Crippen molar-refractivity contribution in [2.45, 2.75) is 32.1 Å². The van der Waals surface area contributed by atoms with E-state index in [4.69, 9.17) is 0 Å². The van der Waals surface area contributed by atoms with Crippen molar-refractivity contribution in [2.75, 3.05) is 16.8 Å². The van der Waals surface area contributed by atoms with E-state index in [9.17, 15) is 22.4 Å². The van der Waals surface area contributed by atoms with E-state index in [-0.39, 0.29) is 29.2 Å². The molecule has 0 radical (unpaired) electrons. The molecular weight excluding hydrogens is 424 g/mol. The highest BCUT2D eigenvalue weighted by Gasteiger charge is 2.42. The number of rotatable bonds is 3. The molecule has 0 bridgehead atoms. The van der Waals surface area contributed by atoms with Gasteiger partial charge in [0.05, 0.1) is 11.3 Å². The number of alkyl halides is 4. The minimum absolute atomic E-state index is 0.198. The van der Waals surface area contributed by atoms with Crippen LogP contribution >= 0.6 is 0 Å². The lowest BCUT2D eigenvalue weighted by molar-refractivity contribution is -0.0146. The van der Waals surface area contributed by atoms with Crippen LogP contribution in [-0.4, -0.2) is 22.5 Å². The maximum atomic E-state index is 14.6. The fourth-order valence-electron chi connectivity index (χ4n) is 3.54. The SMILES string of the molecule is Cc1cnccc1NC(=O)N1CCC(F)(F)c2ccc(-c3cccc(C(C)(F)F)c3)nc21. The molecule has 1 aliphatic rings. The number of hydrogen-bond donors (Lipinski definition) is 1. The lowest BCUT2D eigenvalue weighted by Crippen LogP contribution is -2.43. The fraction of sp³-hybridized carbons (Fsp3) is 0.261. The van der Waals surface area contributed by atoms with Crippen molar-refractivity contribution in [1.29, 1.82) is 0 Å². The molecule has 4 rings (SSSR count). The van der Waals surface area contributed by atoms with E-state index in [1.165, 1.54) is 36.5 Å². The van der Waals surface area contributed by atoms with Gasteiger partial charge in [0, 0.05) is 49.1 Å². The quantitative estimate of drug-likeness (QED) is 0.497. The monoisotopic (exact) mass is 444 g/mol. The Hall–Kier alpha value is -3.49. The van der Waals surface area contributed by atoms with Gasteiger partial charge in [0.25, 0.3) is 11.8 Å². The largest absolute Gasteiger partial charge is 0.327 e. The van der Waals surface area contributed by atoms with Gasteiger partial charge in [-0.15, -0.1) is 0 Å². The number of hydrogen-bond acceptors (Lipinski definition) is 3. The third-order valence-electron chi connectivity index (χ3n) is 5.35. The van der Waals surface area contributed by atoms with Crippen molar-refractivity contribution in [3.05, 3.63) is 71.5 Å². The molecule has 1 aromatic carbocycles. The van der Waals surface area contributed by atoms with Gasteiger partial charge in [0.2, 0.25) is 0 Å². The first-order valence-electron chi connectivity index (χ1n) is 9.93. The Labute approximate surface area is 182 Å². The number of benzene rings is 1. The Kier molecular flexibility index (Phi) is 5.36. The van der Waals surface area contributed by atoms with Crippen molar-refractivity contribution in [1.82, 2.24) is 9.97 Å². The maximum Gasteiger partial charge on any atom is 0.327 e. The summed E-state index contributed by atoms with van der Waals surface area (Å²) in [7, 11) is 0. The molecule has 0 aliphatic carbocycles. The molecule has 0 spiro atoms. The molecule has 0 unspecified atom stereocenters. The lowest BCUT2D eigenvalue weighted by atomic mass is 9.99. The topological polar surface area (TPSA) is 58.1 Å². The van der Waals surface area contributed by atoms with E-state index >= 15 is 0 Å². The number of aryl methyl sites for hydroxylation is 1. The Balaban J connectivity index is 1.74. The maximum absolute atomic E-state index is 14.6. The van der Waals surface area contributed by atoms with E-state index < -0.39 is 24.3 Å². The first-order valence-corrected chi connectivity index (χ1v) is 9.93. The number of pyridine rings is 2. The van der Waals surface area contributed by atoms with Gasteiger partial charge >= 0.3 is 6.03 Å². The molecule has 1 N–H and O–H groups in total. The van der Waals surface area contributed by atoms with Crippen LogP contribution < -0.4 is 10.2 Å². The summed E-state index contributed by atoms with van der Waals surface area (Å²) in [5.41, 5.74) is 1.16. The average Bonchev–Trinajstić information content (AvgIpc) is 2.74. The van der Waals surface area contributed by atoms with Crippen LogP contribution in [0.3, 0.4) is 0 Å². The van der Waals surface area contributed by atoms with Gasteiger partial charge in [0.1, 0.15) is 5.82 Å². The zero-order valence-electron chi connectivity index (χ0n) is 17.4. The molecule has 0 saturated carbocycles. The number of fused-ring (bicyclic) bond motifs is 1. The Morgan fingerprint density at radius 2 is 1.97 bits per heavy atom. The summed E-state index contributed by atoms with van der Waals surface area (Å²) >= 11 is 0. The number of carbonyl (C=O) groups is 1. The summed E-state index contributed by atoms with van der Waals surface area (Å²) in [6, 6.07) is 9.11. The highest BCUT2D eigenvalue weighted by Crippen LogP contribution is 2.42. The van der Waals surface area contributed by atoms with Crippen LogP contribution in [0.25, 0.3) is 11.3 Å². The van der Waals surface area contributed by atoms with Crippen LogP contribution in [0.4, 0.5) is 33.9 Å². The molecule has 166 valence electrons. The predicted octanol–water partition coefficient (Wildman–Crippen LogP) is 6.10. The lowest BCUT2D eigenvalue weighted by Gasteiger charge is -2.33. The van der Waals surface area contributed by atoms with Gasteiger partial charge in [-0.05, 0) is 36.8 Å². The molecule has 0 atom stereocenters. The first kappa shape index (κ1) is 21.7. The van der Waals surface area contributed by atoms with Crippen molar-refractivity contribution in [3.8, 4) is 11.3 Å². The molecule has 0 saturated heterocycles. The number of carbonyl (C=O) groups excluding carboxylic acids is 1. The second kappa shape index (κ2) is 7.89. The molecule has 9 heteroatoms. The smallest absolute Gasteiger partial charge is 0.307 e. The van der Waals surface area contributed by atoms with E-state index in [0.29, 0.717) is 16.8 Å². The number of amides is 2. The minimum Gasteiger partial charge on any atom is -0.307 e. The zero-order valence-corrected chi connectivity index (χ0v) is 17.4. The number of halogens is 4. The van der Waals surface area contributed by atoms with Gasteiger partial charge in [0.15, 0.2) is 0 Å². The van der Waals surface area contributed by atoms with Crippen LogP contribution in [0, 0.1) is 6.92 Å². The van der Waals surface area contributed by atoms with Gasteiger partial charge in [-0.1, -0.05) is 18.2 Å². The van der Waals surface area contributed by atoms with Gasteiger partial charge in [-0.3, -0.25) is 9.88 Å². The van der Waals surface area contributed by atoms with Gasteiger partial charge < -0.3 is 5.32 Å². The molecule has 3 aromatic rings. The third kappa shape index (κ3) is 4.15. The van der Waals surface area contributed by atoms with E-state index in [0.717, 1.165) is 11.8 Å². The van der Waals surface area contributed by atoms with Crippen LogP contribution in [0.15, 0.2) is 54.9 Å². The Morgan fingerprint density at radius 1 is 1.19 bits per heavy atom. The predicted molar refractivity (Wildman–Crippen MR) is 113 cm³/mol. The van der Waals surface area contributed by atoms with Crippen molar-refractivity contribution in [3.63, 3.8) is 0 Å². The highest BCUT2D eigenvalue weighted by molar-refractivity contribution is 6.02. The summed E-state index contributed by atoms with van der Waals surface area (Å²) in [6.07, 6.45) is 2.52. The molecular formula is C23H20F4N4O. The first-order chi connectivity index (χ1) is 15.1. The molecule has 32 heavy (non-hydrogen) atoms. The van der Waals surface area contributed by atoms with Crippen LogP contribution in [-0.2, 0) is 11.8 Å². The molecule has 5 nitrogen and oxygen atoms in total. The molecule has 1 aliphatic heterocycles. The van der Waals surface area contributed by atoms with E-state index in [1.54, 1.807) is 25.3 Å². The third-order valence-corrected chi connectivity index (χ3v) is 5.35. The van der Waals surface area contributed by atoms with Gasteiger partial charge in [-0.25, -0.2) is 27.3 Å². The number of anilines is 2. The summed E-state index contributed by atoms with van der Waals surface area (Å²) in [4.78, 5) is 22.3. The number of urea groups is 1. The van der Waals surface area contributed by atoms with Gasteiger partial charge in [-0.2, -0.15) is 0 Å². The number of nitrogens with one attached hydrogen (secondary N) is 1. The fourth-order valence-corrected chi connectivity index (χ4v) is 3.54. The zero-order chi connectivity index (χ0) is 23.1. The van der Waals surface area contributed by atoms with Crippen LogP contribution in [0.2, 0.25) is 0 Å². The van der Waals surface area contributed by atoms with E-state index in [2.05, 4.69) is 15.3 Å². The summed E-state index contributed by atoms with van der Waals surface area (Å²) in [5.74, 6) is -6.43. The highest BCUT2D eigenvalue weighted by atomic mass is 19.3. The minimum atomic E-state index is -3.16.